The van der Waals surface area contributed by atoms with Crippen LogP contribution >= 0.6 is 0 Å². The Bertz CT molecular complexity index is 339. The second-order valence-electron chi connectivity index (χ2n) is 3.26. The SMILES string of the molecule is CN(C)NC(=O)COc1ccccc1N. The third kappa shape index (κ3) is 3.86. The molecule has 0 saturated heterocycles. The van der Waals surface area contributed by atoms with E-state index in [4.69, 9.17) is 10.5 Å². The highest BCUT2D eigenvalue weighted by atomic mass is 16.5. The van der Waals surface area contributed by atoms with Crippen LogP contribution in [0, 0.1) is 0 Å². The number of hydrazine groups is 1. The third-order valence-electron chi connectivity index (χ3n) is 1.63. The van der Waals surface area contributed by atoms with Gasteiger partial charge in [0, 0.05) is 14.1 Å². The number of rotatable bonds is 4. The molecule has 0 aliphatic heterocycles. The molecule has 0 aromatic heterocycles. The van der Waals surface area contributed by atoms with Gasteiger partial charge in [0.1, 0.15) is 5.75 Å². The van der Waals surface area contributed by atoms with Crippen molar-refractivity contribution >= 4 is 11.6 Å². The normalized spacial score (nSPS) is 10.1. The minimum Gasteiger partial charge on any atom is -0.482 e. The number of nitrogens with zero attached hydrogens (tertiary/aromatic N) is 1. The van der Waals surface area contributed by atoms with Crippen molar-refractivity contribution in [2.24, 2.45) is 0 Å². The summed E-state index contributed by atoms with van der Waals surface area (Å²) in [7, 11) is 3.46. The van der Waals surface area contributed by atoms with E-state index in [1.54, 1.807) is 37.3 Å². The van der Waals surface area contributed by atoms with Crippen LogP contribution in [0.15, 0.2) is 24.3 Å². The highest BCUT2D eigenvalue weighted by Crippen LogP contribution is 2.19. The molecule has 0 aliphatic carbocycles. The number of amides is 1. The molecule has 1 aromatic carbocycles. The van der Waals surface area contributed by atoms with Gasteiger partial charge in [0.15, 0.2) is 6.61 Å². The molecule has 0 spiro atoms. The van der Waals surface area contributed by atoms with Crippen LogP contribution in [0.4, 0.5) is 5.69 Å². The minimum absolute atomic E-state index is 0.0492. The van der Waals surface area contributed by atoms with Crippen molar-refractivity contribution < 1.29 is 9.53 Å². The molecular weight excluding hydrogens is 194 g/mol. The van der Waals surface area contributed by atoms with Crippen LogP contribution in [0.2, 0.25) is 0 Å². The summed E-state index contributed by atoms with van der Waals surface area (Å²) >= 11 is 0. The van der Waals surface area contributed by atoms with Crippen molar-refractivity contribution in [1.29, 1.82) is 0 Å². The average Bonchev–Trinajstić information content (AvgIpc) is 2.15. The van der Waals surface area contributed by atoms with Crippen LogP contribution in [0.5, 0.6) is 5.75 Å². The van der Waals surface area contributed by atoms with Crippen molar-refractivity contribution in [3.05, 3.63) is 24.3 Å². The molecule has 1 rings (SSSR count). The van der Waals surface area contributed by atoms with Gasteiger partial charge in [0.05, 0.1) is 5.69 Å². The Morgan fingerprint density at radius 2 is 2.13 bits per heavy atom. The van der Waals surface area contributed by atoms with Crippen molar-refractivity contribution in [2.75, 3.05) is 26.4 Å². The summed E-state index contributed by atoms with van der Waals surface area (Å²) in [6.45, 7) is -0.0492. The standard InChI is InChI=1S/C10H15N3O2/c1-13(2)12-10(14)7-15-9-6-4-3-5-8(9)11/h3-6H,7,11H2,1-2H3,(H,12,14). The Balaban J connectivity index is 2.44. The molecule has 0 fully saturated rings. The van der Waals surface area contributed by atoms with Gasteiger partial charge in [-0.3, -0.25) is 10.2 Å². The first-order valence-electron chi connectivity index (χ1n) is 4.53. The fourth-order valence-electron chi connectivity index (χ4n) is 1.04. The molecule has 15 heavy (non-hydrogen) atoms. The highest BCUT2D eigenvalue weighted by Gasteiger charge is 2.04. The van der Waals surface area contributed by atoms with E-state index in [9.17, 15) is 4.79 Å². The first-order chi connectivity index (χ1) is 7.09. The molecule has 3 N–H and O–H groups in total. The fourth-order valence-corrected chi connectivity index (χ4v) is 1.04. The minimum atomic E-state index is -0.219. The van der Waals surface area contributed by atoms with Crippen LogP contribution in [-0.4, -0.2) is 31.6 Å². The lowest BCUT2D eigenvalue weighted by Gasteiger charge is -2.12. The first-order valence-corrected chi connectivity index (χ1v) is 4.53. The molecule has 0 aliphatic rings. The summed E-state index contributed by atoms with van der Waals surface area (Å²) in [6, 6.07) is 7.05. The molecule has 1 aromatic rings. The molecule has 0 saturated carbocycles. The molecule has 1 amide bonds. The Hall–Kier alpha value is -1.75. The van der Waals surface area contributed by atoms with Crippen LogP contribution in [-0.2, 0) is 4.79 Å². The predicted molar refractivity (Wildman–Crippen MR) is 58.2 cm³/mol. The number of hydrogen-bond donors (Lipinski definition) is 2. The molecule has 0 heterocycles. The number of benzene rings is 1. The van der Waals surface area contributed by atoms with Gasteiger partial charge in [-0.1, -0.05) is 12.1 Å². The van der Waals surface area contributed by atoms with Gasteiger partial charge in [-0.2, -0.15) is 0 Å². The topological polar surface area (TPSA) is 67.6 Å². The van der Waals surface area contributed by atoms with Crippen molar-refractivity contribution in [3.63, 3.8) is 0 Å². The van der Waals surface area contributed by atoms with Crippen LogP contribution < -0.4 is 15.9 Å². The lowest BCUT2D eigenvalue weighted by molar-refractivity contribution is -0.126. The summed E-state index contributed by atoms with van der Waals surface area (Å²) in [5.41, 5.74) is 8.73. The zero-order chi connectivity index (χ0) is 11.3. The van der Waals surface area contributed by atoms with E-state index < -0.39 is 0 Å². The largest absolute Gasteiger partial charge is 0.482 e. The lowest BCUT2D eigenvalue weighted by Crippen LogP contribution is -2.39. The van der Waals surface area contributed by atoms with Crippen molar-refractivity contribution in [1.82, 2.24) is 10.4 Å². The maximum Gasteiger partial charge on any atom is 0.272 e. The third-order valence-corrected chi connectivity index (χ3v) is 1.63. The van der Waals surface area contributed by atoms with E-state index in [1.807, 2.05) is 6.07 Å². The first kappa shape index (κ1) is 11.3. The van der Waals surface area contributed by atoms with Gasteiger partial charge in [-0.15, -0.1) is 0 Å². The molecule has 5 heteroatoms. The number of carbonyl (C=O) groups excluding carboxylic acids is 1. The molecule has 0 radical (unpaired) electrons. The van der Waals surface area contributed by atoms with Crippen LogP contribution in [0.25, 0.3) is 0 Å². The Morgan fingerprint density at radius 1 is 1.47 bits per heavy atom. The van der Waals surface area contributed by atoms with Crippen LogP contribution in [0.3, 0.4) is 0 Å². The van der Waals surface area contributed by atoms with Crippen molar-refractivity contribution in [3.8, 4) is 5.75 Å². The Kier molecular flexibility index (Phi) is 3.93. The van der Waals surface area contributed by atoms with Crippen LogP contribution in [0.1, 0.15) is 0 Å². The fraction of sp³-hybridized carbons (Fsp3) is 0.300. The molecule has 0 atom stereocenters. The number of ether oxygens (including phenoxy) is 1. The van der Waals surface area contributed by atoms with Gasteiger partial charge in [-0.25, -0.2) is 5.01 Å². The Labute approximate surface area is 88.8 Å². The molecular formula is C10H15N3O2. The van der Waals surface area contributed by atoms with Gasteiger partial charge >= 0.3 is 0 Å². The molecule has 82 valence electrons. The zero-order valence-corrected chi connectivity index (χ0v) is 8.86. The average molecular weight is 209 g/mol. The van der Waals surface area contributed by atoms with Gasteiger partial charge in [0.2, 0.25) is 0 Å². The van der Waals surface area contributed by atoms with E-state index >= 15 is 0 Å². The summed E-state index contributed by atoms with van der Waals surface area (Å²) in [4.78, 5) is 11.2. The second kappa shape index (κ2) is 5.21. The molecule has 0 bridgehead atoms. The Morgan fingerprint density at radius 3 is 2.73 bits per heavy atom. The van der Waals surface area contributed by atoms with Gasteiger partial charge < -0.3 is 10.5 Å². The second-order valence-corrected chi connectivity index (χ2v) is 3.26. The number of anilines is 1. The van der Waals surface area contributed by atoms with Gasteiger partial charge in [-0.05, 0) is 12.1 Å². The summed E-state index contributed by atoms with van der Waals surface area (Å²) < 4.78 is 5.24. The number of hydrogen-bond acceptors (Lipinski definition) is 4. The number of para-hydroxylation sites is 2. The highest BCUT2D eigenvalue weighted by molar-refractivity contribution is 5.77. The quantitative estimate of drug-likeness (QED) is 0.550. The van der Waals surface area contributed by atoms with E-state index in [0.29, 0.717) is 11.4 Å². The zero-order valence-electron chi connectivity index (χ0n) is 8.86. The number of nitrogens with one attached hydrogen (secondary N) is 1. The lowest BCUT2D eigenvalue weighted by atomic mass is 10.3. The smallest absolute Gasteiger partial charge is 0.272 e. The monoisotopic (exact) mass is 209 g/mol. The maximum absolute atomic E-state index is 11.2. The number of nitrogen functional groups attached to an aromatic ring is 1. The summed E-state index contributed by atoms with van der Waals surface area (Å²) in [6.07, 6.45) is 0. The van der Waals surface area contributed by atoms with E-state index in [2.05, 4.69) is 5.43 Å². The molecule has 0 unspecified atom stereocenters. The van der Waals surface area contributed by atoms with E-state index in [-0.39, 0.29) is 12.5 Å². The maximum atomic E-state index is 11.2. The molecule has 5 nitrogen and oxygen atoms in total. The summed E-state index contributed by atoms with van der Waals surface area (Å²) in [5.74, 6) is 0.301. The summed E-state index contributed by atoms with van der Waals surface area (Å²) in [5, 5.41) is 1.56. The number of carbonyl (C=O) groups is 1. The predicted octanol–water partition coefficient (Wildman–Crippen LogP) is 0.240. The van der Waals surface area contributed by atoms with E-state index in [0.717, 1.165) is 0 Å². The number of nitrogens with two attached hydrogens (primary N) is 1. The van der Waals surface area contributed by atoms with Crippen molar-refractivity contribution in [2.45, 2.75) is 0 Å². The van der Waals surface area contributed by atoms with E-state index in [1.165, 1.54) is 0 Å². The van der Waals surface area contributed by atoms with Gasteiger partial charge in [0.25, 0.3) is 5.91 Å².